The zero-order chi connectivity index (χ0) is 10.3. The summed E-state index contributed by atoms with van der Waals surface area (Å²) < 4.78 is 0. The molecular formula is C11H24N2O. The maximum absolute atomic E-state index is 2.36. The second-order valence-electron chi connectivity index (χ2n) is 5.72. The molecule has 1 aliphatic rings. The lowest BCUT2D eigenvalue weighted by atomic mass is 10.1. The Morgan fingerprint density at radius 2 is 1.07 bits per heavy atom. The van der Waals surface area contributed by atoms with Gasteiger partial charge in [0.15, 0.2) is 0 Å². The zero-order valence-corrected chi connectivity index (χ0v) is 10.3. The summed E-state index contributed by atoms with van der Waals surface area (Å²) in [6.45, 7) is 14.4. The van der Waals surface area contributed by atoms with Gasteiger partial charge in [0.2, 0.25) is 0 Å². The van der Waals surface area contributed by atoms with Crippen LogP contribution in [0.2, 0.25) is 0 Å². The molecule has 0 unspecified atom stereocenters. The second-order valence-corrected chi connectivity index (χ2v) is 5.72. The molecule has 0 amide bonds. The van der Waals surface area contributed by atoms with Crippen molar-refractivity contribution in [1.82, 2.24) is 9.80 Å². The van der Waals surface area contributed by atoms with E-state index >= 15 is 0 Å². The third-order valence-corrected chi connectivity index (χ3v) is 2.45. The molecule has 0 spiro atoms. The Balaban J connectivity index is 0.00000169. The van der Waals surface area contributed by atoms with Gasteiger partial charge in [0, 0.05) is 23.5 Å². The van der Waals surface area contributed by atoms with Crippen molar-refractivity contribution in [2.75, 3.05) is 6.67 Å². The second kappa shape index (κ2) is 3.81. The summed E-state index contributed by atoms with van der Waals surface area (Å²) in [7, 11) is 0. The van der Waals surface area contributed by atoms with E-state index in [1.165, 1.54) is 0 Å². The van der Waals surface area contributed by atoms with Crippen LogP contribution < -0.4 is 0 Å². The van der Waals surface area contributed by atoms with Gasteiger partial charge in [0.25, 0.3) is 0 Å². The lowest BCUT2D eigenvalue weighted by molar-refractivity contribution is 0.110. The van der Waals surface area contributed by atoms with Crippen molar-refractivity contribution >= 4 is 0 Å². The van der Waals surface area contributed by atoms with Gasteiger partial charge in [-0.3, -0.25) is 0 Å². The molecule has 1 heterocycles. The molecule has 0 saturated carbocycles. The van der Waals surface area contributed by atoms with Crippen LogP contribution in [0.3, 0.4) is 0 Å². The zero-order valence-electron chi connectivity index (χ0n) is 10.3. The van der Waals surface area contributed by atoms with Gasteiger partial charge in [-0.15, -0.1) is 0 Å². The first kappa shape index (κ1) is 13.3. The molecule has 3 nitrogen and oxygen atoms in total. The summed E-state index contributed by atoms with van der Waals surface area (Å²) in [5, 5.41) is 0. The average molecular weight is 200 g/mol. The molecule has 0 saturated heterocycles. The first-order chi connectivity index (χ1) is 5.71. The van der Waals surface area contributed by atoms with Gasteiger partial charge in [0.1, 0.15) is 0 Å². The van der Waals surface area contributed by atoms with Crippen LogP contribution in [0.1, 0.15) is 41.5 Å². The Labute approximate surface area is 87.7 Å². The Morgan fingerprint density at radius 3 is 1.21 bits per heavy atom. The topological polar surface area (TPSA) is 38.0 Å². The highest BCUT2D eigenvalue weighted by Crippen LogP contribution is 2.24. The van der Waals surface area contributed by atoms with Gasteiger partial charge in [-0.05, 0) is 41.5 Å². The minimum atomic E-state index is 0. The van der Waals surface area contributed by atoms with Crippen molar-refractivity contribution in [2.45, 2.75) is 52.6 Å². The van der Waals surface area contributed by atoms with Gasteiger partial charge in [0.05, 0.1) is 6.67 Å². The Morgan fingerprint density at radius 1 is 0.786 bits per heavy atom. The largest absolute Gasteiger partial charge is 0.412 e. The van der Waals surface area contributed by atoms with Gasteiger partial charge < -0.3 is 15.3 Å². The van der Waals surface area contributed by atoms with Crippen LogP contribution in [0.25, 0.3) is 0 Å². The minimum Gasteiger partial charge on any atom is -0.412 e. The third kappa shape index (κ3) is 2.91. The predicted octanol–water partition coefficient (Wildman–Crippen LogP) is 1.81. The minimum absolute atomic E-state index is 0. The van der Waals surface area contributed by atoms with E-state index in [-0.39, 0.29) is 16.6 Å². The summed E-state index contributed by atoms with van der Waals surface area (Å²) in [5.41, 5.74) is 0.465. The molecule has 0 aliphatic carbocycles. The summed E-state index contributed by atoms with van der Waals surface area (Å²) in [6.07, 6.45) is 4.37. The molecule has 0 aromatic carbocycles. The molecule has 1 rings (SSSR count). The predicted molar refractivity (Wildman–Crippen MR) is 60.8 cm³/mol. The average Bonchev–Trinajstić information content (AvgIpc) is 2.28. The fourth-order valence-electron chi connectivity index (χ4n) is 1.29. The molecular weight excluding hydrogens is 176 g/mol. The van der Waals surface area contributed by atoms with Crippen molar-refractivity contribution in [3.63, 3.8) is 0 Å². The molecule has 0 atom stereocenters. The standard InChI is InChI=1S/C11H22N2.H2O/c1-10(2,3)12-7-8-13(9-12)11(4,5)6;/h7-8H,9H2,1-6H3;1H2. The van der Waals surface area contributed by atoms with Gasteiger partial charge in [-0.1, -0.05) is 0 Å². The van der Waals surface area contributed by atoms with E-state index < -0.39 is 0 Å². The van der Waals surface area contributed by atoms with E-state index in [2.05, 4.69) is 63.7 Å². The van der Waals surface area contributed by atoms with E-state index in [9.17, 15) is 0 Å². The van der Waals surface area contributed by atoms with E-state index in [1.54, 1.807) is 0 Å². The number of hydrogen-bond acceptors (Lipinski definition) is 2. The van der Waals surface area contributed by atoms with Crippen molar-refractivity contribution in [3.8, 4) is 0 Å². The van der Waals surface area contributed by atoms with Crippen LogP contribution in [-0.4, -0.2) is 33.0 Å². The number of hydrogen-bond donors (Lipinski definition) is 0. The molecule has 14 heavy (non-hydrogen) atoms. The highest BCUT2D eigenvalue weighted by atomic mass is 16.0. The maximum atomic E-state index is 2.36. The first-order valence-electron chi connectivity index (χ1n) is 4.93. The van der Waals surface area contributed by atoms with Gasteiger partial charge in [-0.2, -0.15) is 0 Å². The van der Waals surface area contributed by atoms with Crippen LogP contribution in [0, 0.1) is 0 Å². The smallest absolute Gasteiger partial charge is 0.0903 e. The van der Waals surface area contributed by atoms with Gasteiger partial charge >= 0.3 is 0 Å². The summed E-state index contributed by atoms with van der Waals surface area (Å²) in [4.78, 5) is 4.72. The van der Waals surface area contributed by atoms with Crippen molar-refractivity contribution in [1.29, 1.82) is 0 Å². The molecule has 0 radical (unpaired) electrons. The van der Waals surface area contributed by atoms with E-state index in [0.717, 1.165) is 6.67 Å². The lowest BCUT2D eigenvalue weighted by Crippen LogP contribution is -2.44. The fraction of sp³-hybridized carbons (Fsp3) is 0.818. The van der Waals surface area contributed by atoms with Crippen molar-refractivity contribution < 1.29 is 5.48 Å². The van der Waals surface area contributed by atoms with Crippen LogP contribution in [0.15, 0.2) is 12.4 Å². The van der Waals surface area contributed by atoms with E-state index in [1.807, 2.05) is 0 Å². The van der Waals surface area contributed by atoms with Crippen molar-refractivity contribution in [3.05, 3.63) is 12.4 Å². The molecule has 0 fully saturated rings. The summed E-state index contributed by atoms with van der Waals surface area (Å²) in [6, 6.07) is 0. The first-order valence-corrected chi connectivity index (χ1v) is 4.93. The SMILES string of the molecule is CC(C)(C)N1C=CN(C(C)(C)C)C1.O. The Kier molecular flexibility index (Phi) is 3.62. The molecule has 0 aromatic heterocycles. The van der Waals surface area contributed by atoms with E-state index in [0.29, 0.717) is 0 Å². The molecule has 1 aliphatic heterocycles. The van der Waals surface area contributed by atoms with Crippen LogP contribution in [-0.2, 0) is 0 Å². The maximum Gasteiger partial charge on any atom is 0.0903 e. The Hall–Kier alpha value is -0.700. The molecule has 2 N–H and O–H groups in total. The molecule has 3 heteroatoms. The van der Waals surface area contributed by atoms with E-state index in [4.69, 9.17) is 0 Å². The van der Waals surface area contributed by atoms with Crippen LogP contribution in [0.4, 0.5) is 0 Å². The normalized spacial score (nSPS) is 17.3. The highest BCUT2D eigenvalue weighted by molar-refractivity contribution is 5.00. The molecule has 0 aromatic rings. The monoisotopic (exact) mass is 200 g/mol. The summed E-state index contributed by atoms with van der Waals surface area (Å²) in [5.74, 6) is 0. The number of rotatable bonds is 0. The van der Waals surface area contributed by atoms with Crippen LogP contribution >= 0.6 is 0 Å². The van der Waals surface area contributed by atoms with Crippen LogP contribution in [0.5, 0.6) is 0 Å². The number of nitrogens with zero attached hydrogens (tertiary/aromatic N) is 2. The highest BCUT2D eigenvalue weighted by Gasteiger charge is 2.28. The molecule has 84 valence electrons. The molecule has 0 bridgehead atoms. The quantitative estimate of drug-likeness (QED) is 0.598. The Bertz CT molecular complexity index is 188. The van der Waals surface area contributed by atoms with Crippen molar-refractivity contribution in [2.24, 2.45) is 0 Å². The lowest BCUT2D eigenvalue weighted by Gasteiger charge is -2.38. The third-order valence-electron chi connectivity index (χ3n) is 2.45. The fourth-order valence-corrected chi connectivity index (χ4v) is 1.29. The van der Waals surface area contributed by atoms with Gasteiger partial charge in [-0.25, -0.2) is 0 Å². The summed E-state index contributed by atoms with van der Waals surface area (Å²) >= 11 is 0.